The van der Waals surface area contributed by atoms with Crippen molar-refractivity contribution in [1.29, 1.82) is 0 Å². The summed E-state index contributed by atoms with van der Waals surface area (Å²) in [4.78, 5) is 16.2. The van der Waals surface area contributed by atoms with Crippen LogP contribution in [0.15, 0.2) is 16.7 Å². The number of amides is 1. The van der Waals surface area contributed by atoms with Crippen molar-refractivity contribution in [2.75, 3.05) is 5.43 Å². The zero-order valence-electron chi connectivity index (χ0n) is 9.59. The molecule has 2 rings (SSSR count). The quantitative estimate of drug-likeness (QED) is 0.587. The molecule has 0 aliphatic heterocycles. The molecule has 5 nitrogen and oxygen atoms in total. The van der Waals surface area contributed by atoms with Crippen molar-refractivity contribution in [3.05, 3.63) is 22.3 Å². The lowest BCUT2D eigenvalue weighted by Crippen LogP contribution is -2.51. The minimum Gasteiger partial charge on any atom is -0.347 e. The van der Waals surface area contributed by atoms with E-state index in [0.717, 1.165) is 23.7 Å². The number of anilines is 1. The Hall–Kier alpha value is -1.14. The van der Waals surface area contributed by atoms with Gasteiger partial charge >= 0.3 is 0 Å². The molecule has 1 fully saturated rings. The molecule has 1 aromatic heterocycles. The van der Waals surface area contributed by atoms with Crippen molar-refractivity contribution >= 4 is 27.7 Å². The normalized spacial score (nSPS) is 17.1. The molecule has 1 saturated carbocycles. The van der Waals surface area contributed by atoms with Gasteiger partial charge in [-0.1, -0.05) is 0 Å². The first-order valence-corrected chi connectivity index (χ1v) is 6.28. The number of aromatic nitrogens is 1. The van der Waals surface area contributed by atoms with Crippen LogP contribution in [-0.2, 0) is 0 Å². The van der Waals surface area contributed by atoms with Gasteiger partial charge in [0, 0.05) is 16.2 Å². The first kappa shape index (κ1) is 12.3. The summed E-state index contributed by atoms with van der Waals surface area (Å²) in [5, 5.41) is 3.02. The number of carbonyl (C=O) groups excluding carboxylic acids is 1. The highest BCUT2D eigenvalue weighted by atomic mass is 79.9. The Morgan fingerprint density at radius 2 is 2.29 bits per heavy atom. The predicted octanol–water partition coefficient (Wildman–Crippen LogP) is 1.80. The Bertz CT molecular complexity index is 445. The lowest BCUT2D eigenvalue weighted by Gasteiger charge is -2.39. The fraction of sp³-hybridized carbons (Fsp3) is 0.455. The SMILES string of the molecule is CC1(NC(=O)c2cc(Br)cnc2NN)CCC1. The molecular weight excluding hydrogens is 284 g/mol. The van der Waals surface area contributed by atoms with Crippen LogP contribution in [0, 0.1) is 0 Å². The summed E-state index contributed by atoms with van der Waals surface area (Å²) in [6.07, 6.45) is 4.80. The molecule has 1 aromatic rings. The number of nitrogens with one attached hydrogen (secondary N) is 2. The second kappa shape index (κ2) is 4.62. The van der Waals surface area contributed by atoms with Crippen LogP contribution in [0.3, 0.4) is 0 Å². The number of hydrazine groups is 1. The van der Waals surface area contributed by atoms with Gasteiger partial charge < -0.3 is 10.7 Å². The third-order valence-corrected chi connectivity index (χ3v) is 3.54. The lowest BCUT2D eigenvalue weighted by molar-refractivity contribution is 0.0851. The van der Waals surface area contributed by atoms with Gasteiger partial charge in [-0.2, -0.15) is 0 Å². The van der Waals surface area contributed by atoms with Crippen LogP contribution in [0.2, 0.25) is 0 Å². The first-order chi connectivity index (χ1) is 8.04. The van der Waals surface area contributed by atoms with Crippen molar-refractivity contribution in [3.8, 4) is 0 Å². The van der Waals surface area contributed by atoms with Crippen LogP contribution in [0.4, 0.5) is 5.82 Å². The standard InChI is InChI=1S/C11H15BrN4O/c1-11(3-2-4-11)15-10(17)8-5-7(12)6-14-9(8)16-13/h5-6H,2-4,13H2,1H3,(H,14,16)(H,15,17). The smallest absolute Gasteiger partial charge is 0.255 e. The Morgan fingerprint density at radius 1 is 1.59 bits per heavy atom. The molecule has 0 aromatic carbocycles. The van der Waals surface area contributed by atoms with Gasteiger partial charge in [-0.05, 0) is 48.2 Å². The van der Waals surface area contributed by atoms with Gasteiger partial charge in [-0.3, -0.25) is 4.79 Å². The number of hydrogen-bond acceptors (Lipinski definition) is 4. The summed E-state index contributed by atoms with van der Waals surface area (Å²) < 4.78 is 0.750. The van der Waals surface area contributed by atoms with E-state index in [-0.39, 0.29) is 11.4 Å². The fourth-order valence-corrected chi connectivity index (χ4v) is 2.23. The molecule has 4 N–H and O–H groups in total. The van der Waals surface area contributed by atoms with Crippen LogP contribution >= 0.6 is 15.9 Å². The van der Waals surface area contributed by atoms with E-state index in [0.29, 0.717) is 11.4 Å². The fourth-order valence-electron chi connectivity index (χ4n) is 1.90. The van der Waals surface area contributed by atoms with Crippen LogP contribution in [0.25, 0.3) is 0 Å². The van der Waals surface area contributed by atoms with E-state index >= 15 is 0 Å². The van der Waals surface area contributed by atoms with Crippen LogP contribution in [-0.4, -0.2) is 16.4 Å². The lowest BCUT2D eigenvalue weighted by atomic mass is 9.78. The number of hydrogen-bond donors (Lipinski definition) is 3. The highest BCUT2D eigenvalue weighted by molar-refractivity contribution is 9.10. The molecule has 1 aliphatic carbocycles. The predicted molar refractivity (Wildman–Crippen MR) is 69.5 cm³/mol. The Kier molecular flexibility index (Phi) is 3.35. The summed E-state index contributed by atoms with van der Waals surface area (Å²) in [5.41, 5.74) is 2.81. The van der Waals surface area contributed by atoms with Gasteiger partial charge in [0.2, 0.25) is 0 Å². The monoisotopic (exact) mass is 298 g/mol. The molecule has 0 radical (unpaired) electrons. The molecule has 1 aliphatic rings. The summed E-state index contributed by atoms with van der Waals surface area (Å²) in [5.74, 6) is 5.58. The number of nitrogens with two attached hydrogens (primary N) is 1. The van der Waals surface area contributed by atoms with Crippen molar-refractivity contribution in [3.63, 3.8) is 0 Å². The van der Waals surface area contributed by atoms with Crippen molar-refractivity contribution in [1.82, 2.24) is 10.3 Å². The van der Waals surface area contributed by atoms with Gasteiger partial charge in [-0.15, -0.1) is 0 Å². The van der Waals surface area contributed by atoms with Crippen molar-refractivity contribution < 1.29 is 4.79 Å². The zero-order chi connectivity index (χ0) is 12.5. The third kappa shape index (κ3) is 2.58. The Labute approximate surface area is 108 Å². The van der Waals surface area contributed by atoms with E-state index in [9.17, 15) is 4.79 Å². The number of rotatable bonds is 3. The molecule has 6 heteroatoms. The largest absolute Gasteiger partial charge is 0.347 e. The van der Waals surface area contributed by atoms with Crippen LogP contribution in [0.5, 0.6) is 0 Å². The number of nitrogen functional groups attached to an aromatic ring is 1. The second-order valence-corrected chi connectivity index (χ2v) is 5.48. The number of carbonyl (C=O) groups is 1. The first-order valence-electron chi connectivity index (χ1n) is 5.49. The molecule has 0 spiro atoms. The summed E-state index contributed by atoms with van der Waals surface area (Å²) in [6, 6.07) is 1.71. The van der Waals surface area contributed by atoms with Crippen LogP contribution < -0.4 is 16.6 Å². The van der Waals surface area contributed by atoms with Crippen LogP contribution in [0.1, 0.15) is 36.5 Å². The molecule has 92 valence electrons. The average molecular weight is 299 g/mol. The highest BCUT2D eigenvalue weighted by Gasteiger charge is 2.33. The van der Waals surface area contributed by atoms with Crippen molar-refractivity contribution in [2.24, 2.45) is 5.84 Å². The van der Waals surface area contributed by atoms with Gasteiger partial charge in [0.05, 0.1) is 5.56 Å². The van der Waals surface area contributed by atoms with Gasteiger partial charge in [0.15, 0.2) is 5.82 Å². The summed E-state index contributed by atoms with van der Waals surface area (Å²) in [6.45, 7) is 2.05. The average Bonchev–Trinajstić information content (AvgIpc) is 2.26. The molecule has 17 heavy (non-hydrogen) atoms. The topological polar surface area (TPSA) is 80.0 Å². The molecule has 1 amide bonds. The highest BCUT2D eigenvalue weighted by Crippen LogP contribution is 2.31. The molecule has 0 saturated heterocycles. The minimum absolute atomic E-state index is 0.0781. The van der Waals surface area contributed by atoms with E-state index in [2.05, 4.69) is 38.6 Å². The van der Waals surface area contributed by atoms with E-state index in [1.54, 1.807) is 12.3 Å². The molecule has 0 bridgehead atoms. The molecule has 0 atom stereocenters. The van der Waals surface area contributed by atoms with Gasteiger partial charge in [0.25, 0.3) is 5.91 Å². The summed E-state index contributed by atoms with van der Waals surface area (Å²) >= 11 is 3.29. The molecular formula is C11H15BrN4O. The minimum atomic E-state index is -0.144. The van der Waals surface area contributed by atoms with E-state index in [1.807, 2.05) is 0 Å². The van der Waals surface area contributed by atoms with Gasteiger partial charge in [0.1, 0.15) is 0 Å². The second-order valence-electron chi connectivity index (χ2n) is 4.56. The third-order valence-electron chi connectivity index (χ3n) is 3.11. The molecule has 1 heterocycles. The van der Waals surface area contributed by atoms with Gasteiger partial charge in [-0.25, -0.2) is 10.8 Å². The zero-order valence-corrected chi connectivity index (χ0v) is 11.2. The summed E-state index contributed by atoms with van der Waals surface area (Å²) in [7, 11) is 0. The number of halogens is 1. The Morgan fingerprint density at radius 3 is 2.82 bits per heavy atom. The number of pyridine rings is 1. The maximum absolute atomic E-state index is 12.1. The molecule has 0 unspecified atom stereocenters. The van der Waals surface area contributed by atoms with E-state index < -0.39 is 0 Å². The van der Waals surface area contributed by atoms with E-state index in [1.165, 1.54) is 0 Å². The Balaban J connectivity index is 2.20. The number of nitrogens with zero attached hydrogens (tertiary/aromatic N) is 1. The van der Waals surface area contributed by atoms with E-state index in [4.69, 9.17) is 5.84 Å². The maximum Gasteiger partial charge on any atom is 0.255 e. The maximum atomic E-state index is 12.1. The van der Waals surface area contributed by atoms with Crippen molar-refractivity contribution in [2.45, 2.75) is 31.7 Å².